The Labute approximate surface area is 341 Å². The molecule has 13 aromatic rings. The van der Waals surface area contributed by atoms with Crippen molar-refractivity contribution in [1.82, 2.24) is 14.5 Å². The summed E-state index contributed by atoms with van der Waals surface area (Å²) in [6.45, 7) is 0. The number of aromatic nitrogens is 3. The van der Waals surface area contributed by atoms with Gasteiger partial charge in [0.05, 0.1) is 28.1 Å². The number of hydrogen-bond donors (Lipinski definition) is 0. The van der Waals surface area contributed by atoms with Crippen molar-refractivity contribution in [2.75, 3.05) is 0 Å². The van der Waals surface area contributed by atoms with E-state index in [1.165, 1.54) is 47.1 Å². The number of nitrogens with zero attached hydrogens (tertiary/aromatic N) is 3. The zero-order valence-corrected chi connectivity index (χ0v) is 32.4. The molecule has 0 saturated heterocycles. The van der Waals surface area contributed by atoms with Crippen LogP contribution in [0.3, 0.4) is 0 Å². The van der Waals surface area contributed by atoms with Gasteiger partial charge in [0, 0.05) is 58.4 Å². The molecule has 4 aromatic heterocycles. The maximum Gasteiger partial charge on any atom is 0.160 e. The molecule has 0 aliphatic carbocycles. The van der Waals surface area contributed by atoms with Crippen molar-refractivity contribution in [3.05, 3.63) is 188 Å². The predicted octanol–water partition coefficient (Wildman–Crippen LogP) is 15.1. The number of para-hydroxylation sites is 1. The fraction of sp³-hybridized carbons (Fsp3) is 0. The molecule has 5 heteroatoms. The fourth-order valence-corrected chi connectivity index (χ4v) is 10.5. The number of thiophene rings is 1. The second-order valence-electron chi connectivity index (χ2n) is 15.3. The molecule has 274 valence electrons. The Kier molecular flexibility index (Phi) is 6.85. The lowest BCUT2D eigenvalue weighted by molar-refractivity contribution is 0.666. The predicted molar refractivity (Wildman–Crippen MR) is 248 cm³/mol. The summed E-state index contributed by atoms with van der Waals surface area (Å²) >= 11 is 1.82. The van der Waals surface area contributed by atoms with Crippen LogP contribution >= 0.6 is 11.3 Å². The number of furan rings is 1. The molecule has 0 atom stereocenters. The molecule has 13 rings (SSSR count). The van der Waals surface area contributed by atoms with E-state index in [4.69, 9.17) is 14.4 Å². The Morgan fingerprint density at radius 2 is 1.15 bits per heavy atom. The molecule has 59 heavy (non-hydrogen) atoms. The number of hydrogen-bond acceptors (Lipinski definition) is 4. The van der Waals surface area contributed by atoms with Gasteiger partial charge in [-0.3, -0.25) is 0 Å². The second kappa shape index (κ2) is 12.4. The molecular weight excluding hydrogens is 739 g/mol. The van der Waals surface area contributed by atoms with Crippen LogP contribution in [-0.4, -0.2) is 14.5 Å². The number of benzene rings is 9. The third-order valence-electron chi connectivity index (χ3n) is 12.0. The highest BCUT2D eigenvalue weighted by Crippen LogP contribution is 2.45. The van der Waals surface area contributed by atoms with Crippen LogP contribution in [0.15, 0.2) is 192 Å². The van der Waals surface area contributed by atoms with Gasteiger partial charge in [0.1, 0.15) is 5.58 Å². The molecule has 9 aromatic carbocycles. The van der Waals surface area contributed by atoms with Gasteiger partial charge in [-0.15, -0.1) is 11.3 Å². The molecule has 0 amide bonds. The summed E-state index contributed by atoms with van der Waals surface area (Å²) in [5, 5.41) is 11.8. The van der Waals surface area contributed by atoms with Gasteiger partial charge in [0.25, 0.3) is 0 Å². The van der Waals surface area contributed by atoms with Crippen molar-refractivity contribution in [3.8, 4) is 39.6 Å². The Morgan fingerprint density at radius 3 is 2.03 bits per heavy atom. The Hall–Kier alpha value is -7.60. The SMILES string of the molecule is c1ccc(-c2nc(-c3cc(-n4c5ccccc5c5cc6ccccc6cc54)c4oc5ccc6ccccc6c5c4c3)cc(-c3cccc4c3sc3ccccc34)n2)cc1. The lowest BCUT2D eigenvalue weighted by atomic mass is 9.99. The minimum Gasteiger partial charge on any atom is -0.454 e. The molecule has 0 fully saturated rings. The standard InChI is InChI=1S/C54H31N3OS/c1-2-14-33(15-3-1)54-55-44(31-45(56-54)41-22-12-21-40-39-20-9-11-24-50(39)59-53(40)41)36-28-43-51-37-18-7-6-13-32(37)25-26-49(51)58-52(43)48(30-36)57-46-23-10-8-19-38(46)42-27-34-16-4-5-17-35(34)29-47(42)57/h1-31H. The molecule has 0 unspecified atom stereocenters. The van der Waals surface area contributed by atoms with Crippen LogP contribution in [0.5, 0.6) is 0 Å². The minimum atomic E-state index is 0.684. The van der Waals surface area contributed by atoms with Crippen molar-refractivity contribution in [2.45, 2.75) is 0 Å². The molecule has 0 N–H and O–H groups in total. The average molecular weight is 770 g/mol. The van der Waals surface area contributed by atoms with Crippen LogP contribution in [0.2, 0.25) is 0 Å². The van der Waals surface area contributed by atoms with Crippen molar-refractivity contribution in [2.24, 2.45) is 0 Å². The van der Waals surface area contributed by atoms with Gasteiger partial charge in [-0.2, -0.15) is 0 Å². The van der Waals surface area contributed by atoms with Crippen molar-refractivity contribution in [1.29, 1.82) is 0 Å². The van der Waals surface area contributed by atoms with E-state index in [0.29, 0.717) is 5.82 Å². The monoisotopic (exact) mass is 769 g/mol. The Morgan fingerprint density at radius 1 is 0.441 bits per heavy atom. The summed E-state index contributed by atoms with van der Waals surface area (Å²) in [6, 6.07) is 67.1. The molecule has 0 aliphatic heterocycles. The summed E-state index contributed by atoms with van der Waals surface area (Å²) in [5.74, 6) is 0.684. The second-order valence-corrected chi connectivity index (χ2v) is 16.4. The van der Waals surface area contributed by atoms with E-state index < -0.39 is 0 Å². The van der Waals surface area contributed by atoms with Gasteiger partial charge in [-0.1, -0.05) is 140 Å². The van der Waals surface area contributed by atoms with E-state index in [1.54, 1.807) is 0 Å². The highest BCUT2D eigenvalue weighted by atomic mass is 32.1. The molecule has 0 bridgehead atoms. The van der Waals surface area contributed by atoms with Crippen LogP contribution in [0.4, 0.5) is 0 Å². The first-order valence-corrected chi connectivity index (χ1v) is 20.7. The maximum atomic E-state index is 7.00. The molecule has 0 spiro atoms. The first-order valence-electron chi connectivity index (χ1n) is 19.9. The summed E-state index contributed by atoms with van der Waals surface area (Å²) in [6.07, 6.45) is 0. The third-order valence-corrected chi connectivity index (χ3v) is 13.2. The first-order chi connectivity index (χ1) is 29.2. The Balaban J connectivity index is 1.16. The summed E-state index contributed by atoms with van der Waals surface area (Å²) in [5.41, 5.74) is 9.68. The van der Waals surface area contributed by atoms with Gasteiger partial charge < -0.3 is 8.98 Å². The lowest BCUT2D eigenvalue weighted by Gasteiger charge is -2.14. The molecule has 0 radical (unpaired) electrons. The van der Waals surface area contributed by atoms with E-state index in [-0.39, 0.29) is 0 Å². The summed E-state index contributed by atoms with van der Waals surface area (Å²) in [4.78, 5) is 10.7. The van der Waals surface area contributed by atoms with E-state index >= 15 is 0 Å². The average Bonchev–Trinajstić information content (AvgIpc) is 3.98. The minimum absolute atomic E-state index is 0.684. The van der Waals surface area contributed by atoms with E-state index in [1.807, 2.05) is 17.4 Å². The normalized spacial score (nSPS) is 12.1. The highest BCUT2D eigenvalue weighted by Gasteiger charge is 2.23. The van der Waals surface area contributed by atoms with E-state index in [2.05, 4.69) is 187 Å². The van der Waals surface area contributed by atoms with Crippen LogP contribution in [0.1, 0.15) is 0 Å². The number of fused-ring (bicyclic) bond motifs is 12. The molecule has 0 saturated carbocycles. The number of rotatable bonds is 4. The molecular formula is C54H31N3OS. The van der Waals surface area contributed by atoms with Gasteiger partial charge in [-0.25, -0.2) is 9.97 Å². The quantitative estimate of drug-likeness (QED) is 0.179. The van der Waals surface area contributed by atoms with E-state index in [9.17, 15) is 0 Å². The highest BCUT2D eigenvalue weighted by molar-refractivity contribution is 7.26. The molecule has 4 heterocycles. The van der Waals surface area contributed by atoms with Crippen LogP contribution in [0.25, 0.3) is 125 Å². The summed E-state index contributed by atoms with van der Waals surface area (Å²) in [7, 11) is 0. The molecule has 0 aliphatic rings. The summed E-state index contributed by atoms with van der Waals surface area (Å²) < 4.78 is 11.9. The van der Waals surface area contributed by atoms with Gasteiger partial charge in [-0.05, 0) is 70.1 Å². The maximum absolute atomic E-state index is 7.00. The molecule has 4 nitrogen and oxygen atoms in total. The van der Waals surface area contributed by atoms with Crippen molar-refractivity contribution in [3.63, 3.8) is 0 Å². The lowest BCUT2D eigenvalue weighted by Crippen LogP contribution is -1.98. The van der Waals surface area contributed by atoms with Gasteiger partial charge >= 0.3 is 0 Å². The largest absolute Gasteiger partial charge is 0.454 e. The zero-order valence-electron chi connectivity index (χ0n) is 31.6. The third kappa shape index (κ3) is 4.89. The Bertz CT molecular complexity index is 3860. The van der Waals surface area contributed by atoms with E-state index in [0.717, 1.165) is 72.1 Å². The van der Waals surface area contributed by atoms with Gasteiger partial charge in [0.15, 0.2) is 11.4 Å². The van der Waals surface area contributed by atoms with Crippen LogP contribution in [0, 0.1) is 0 Å². The fourth-order valence-electron chi connectivity index (χ4n) is 9.26. The topological polar surface area (TPSA) is 43.9 Å². The van der Waals surface area contributed by atoms with Crippen LogP contribution < -0.4 is 0 Å². The zero-order chi connectivity index (χ0) is 38.6. The van der Waals surface area contributed by atoms with Gasteiger partial charge in [0.2, 0.25) is 0 Å². The van der Waals surface area contributed by atoms with Crippen molar-refractivity contribution < 1.29 is 4.42 Å². The first kappa shape index (κ1) is 32.5. The smallest absolute Gasteiger partial charge is 0.160 e. The van der Waals surface area contributed by atoms with Crippen molar-refractivity contribution >= 4 is 96.8 Å². The van der Waals surface area contributed by atoms with Crippen LogP contribution in [-0.2, 0) is 0 Å².